The van der Waals surface area contributed by atoms with Crippen LogP contribution in [0.3, 0.4) is 0 Å². The van der Waals surface area contributed by atoms with Gasteiger partial charge in [-0.1, -0.05) is 42.1 Å². The van der Waals surface area contributed by atoms with Crippen LogP contribution in [0.25, 0.3) is 0 Å². The summed E-state index contributed by atoms with van der Waals surface area (Å²) in [5.74, 6) is 0.654. The molecule has 0 saturated carbocycles. The summed E-state index contributed by atoms with van der Waals surface area (Å²) in [5, 5.41) is 10.5. The minimum absolute atomic E-state index is 0.106. The molecule has 2 N–H and O–H groups in total. The topological polar surface area (TPSA) is 83.1 Å². The Kier molecular flexibility index (Phi) is 7.01. The summed E-state index contributed by atoms with van der Waals surface area (Å²) >= 11 is 1.57. The predicted molar refractivity (Wildman–Crippen MR) is 122 cm³/mol. The van der Waals surface area contributed by atoms with Gasteiger partial charge in [0.15, 0.2) is 5.16 Å². The Hall–Kier alpha value is -2.68. The highest BCUT2D eigenvalue weighted by molar-refractivity contribution is 7.98. The fourth-order valence-electron chi connectivity index (χ4n) is 3.80. The van der Waals surface area contributed by atoms with Crippen LogP contribution < -0.4 is 5.32 Å². The molecule has 4 rings (SSSR count). The van der Waals surface area contributed by atoms with Gasteiger partial charge in [0.05, 0.1) is 12.2 Å². The zero-order chi connectivity index (χ0) is 21.6. The standard InChI is InChI=1S/C23H27N5O2S/c1-16-11-28(12-17(2)30-16)13-20-5-3-4-6-21(20)26-22(29)19-9-7-18(8-10-19)14-31-23-24-15-25-27-23/h3-10,15-17H,11-14H2,1-2H3,(H,26,29)(H,24,25,27). The van der Waals surface area contributed by atoms with E-state index in [1.54, 1.807) is 11.8 Å². The summed E-state index contributed by atoms with van der Waals surface area (Å²) in [6.07, 6.45) is 1.92. The van der Waals surface area contributed by atoms with Gasteiger partial charge in [0, 0.05) is 36.6 Å². The summed E-state index contributed by atoms with van der Waals surface area (Å²) < 4.78 is 5.83. The van der Waals surface area contributed by atoms with Gasteiger partial charge in [-0.3, -0.25) is 14.8 Å². The zero-order valence-corrected chi connectivity index (χ0v) is 18.6. The third kappa shape index (κ3) is 5.94. The smallest absolute Gasteiger partial charge is 0.255 e. The number of aromatic amines is 1. The van der Waals surface area contributed by atoms with Crippen LogP contribution in [-0.2, 0) is 17.0 Å². The van der Waals surface area contributed by atoms with Gasteiger partial charge in [0.1, 0.15) is 6.33 Å². The number of morpholine rings is 1. The first kappa shape index (κ1) is 21.5. The van der Waals surface area contributed by atoms with Crippen LogP contribution in [0.2, 0.25) is 0 Å². The highest BCUT2D eigenvalue weighted by Gasteiger charge is 2.23. The van der Waals surface area contributed by atoms with Crippen LogP contribution in [0.5, 0.6) is 0 Å². The number of nitrogens with zero attached hydrogens (tertiary/aromatic N) is 3. The molecule has 0 bridgehead atoms. The normalized spacial score (nSPS) is 19.3. The number of anilines is 1. The Morgan fingerprint density at radius 3 is 2.61 bits per heavy atom. The SMILES string of the molecule is CC1CN(Cc2ccccc2NC(=O)c2ccc(CSc3ncn[nH]3)cc2)CC(C)O1. The Labute approximate surface area is 186 Å². The van der Waals surface area contributed by atoms with Crippen molar-refractivity contribution in [2.24, 2.45) is 0 Å². The van der Waals surface area contributed by atoms with Crippen LogP contribution in [0.15, 0.2) is 60.0 Å². The molecule has 1 saturated heterocycles. The molecule has 2 atom stereocenters. The molecule has 0 aliphatic carbocycles. The number of carbonyl (C=O) groups is 1. The lowest BCUT2D eigenvalue weighted by Gasteiger charge is -2.35. The van der Waals surface area contributed by atoms with Gasteiger partial charge < -0.3 is 10.1 Å². The molecule has 2 unspecified atom stereocenters. The molecule has 7 nitrogen and oxygen atoms in total. The van der Waals surface area contributed by atoms with E-state index in [1.165, 1.54) is 6.33 Å². The van der Waals surface area contributed by atoms with Crippen LogP contribution in [0.4, 0.5) is 5.69 Å². The molecule has 2 aromatic carbocycles. The lowest BCUT2D eigenvalue weighted by molar-refractivity contribution is -0.0704. The number of benzene rings is 2. The second-order valence-corrected chi connectivity index (χ2v) is 8.80. The average molecular weight is 438 g/mol. The van der Waals surface area contributed by atoms with E-state index >= 15 is 0 Å². The molecule has 0 radical (unpaired) electrons. The van der Waals surface area contributed by atoms with Crippen molar-refractivity contribution >= 4 is 23.4 Å². The molecule has 3 aromatic rings. The lowest BCUT2D eigenvalue weighted by Crippen LogP contribution is -2.44. The highest BCUT2D eigenvalue weighted by atomic mass is 32.2. The number of ether oxygens (including phenoxy) is 1. The van der Waals surface area contributed by atoms with Crippen LogP contribution in [0.1, 0.15) is 35.3 Å². The van der Waals surface area contributed by atoms with Gasteiger partial charge in [0.2, 0.25) is 0 Å². The number of hydrogen-bond donors (Lipinski definition) is 2. The number of carbonyl (C=O) groups excluding carboxylic acids is 1. The Balaban J connectivity index is 1.38. The maximum Gasteiger partial charge on any atom is 0.255 e. The molecule has 31 heavy (non-hydrogen) atoms. The van der Waals surface area contributed by atoms with E-state index in [9.17, 15) is 4.79 Å². The quantitative estimate of drug-likeness (QED) is 0.545. The second kappa shape index (κ2) is 10.1. The number of amides is 1. The zero-order valence-electron chi connectivity index (χ0n) is 17.7. The summed E-state index contributed by atoms with van der Waals surface area (Å²) in [5.41, 5.74) is 3.72. The van der Waals surface area contributed by atoms with Crippen molar-refractivity contribution in [1.29, 1.82) is 0 Å². The molecule has 8 heteroatoms. The summed E-state index contributed by atoms with van der Waals surface area (Å²) in [7, 11) is 0. The maximum atomic E-state index is 12.8. The first-order valence-corrected chi connectivity index (χ1v) is 11.4. The Bertz CT molecular complexity index is 983. The number of thioether (sulfide) groups is 1. The fourth-order valence-corrected chi connectivity index (χ4v) is 4.53. The van der Waals surface area contributed by atoms with E-state index in [-0.39, 0.29) is 18.1 Å². The van der Waals surface area contributed by atoms with Crippen LogP contribution >= 0.6 is 11.8 Å². The molecule has 162 valence electrons. The first-order chi connectivity index (χ1) is 15.1. The van der Waals surface area contributed by atoms with Crippen molar-refractivity contribution < 1.29 is 9.53 Å². The first-order valence-electron chi connectivity index (χ1n) is 10.4. The van der Waals surface area contributed by atoms with Gasteiger partial charge in [0.25, 0.3) is 5.91 Å². The van der Waals surface area contributed by atoms with Crippen molar-refractivity contribution in [3.05, 3.63) is 71.5 Å². The summed E-state index contributed by atoms with van der Waals surface area (Å²) in [6.45, 7) is 6.76. The van der Waals surface area contributed by atoms with E-state index < -0.39 is 0 Å². The fraction of sp³-hybridized carbons (Fsp3) is 0.348. The summed E-state index contributed by atoms with van der Waals surface area (Å²) in [6, 6.07) is 15.7. The number of rotatable bonds is 7. The van der Waals surface area contributed by atoms with Crippen molar-refractivity contribution in [2.75, 3.05) is 18.4 Å². The van der Waals surface area contributed by atoms with Gasteiger partial charge in [-0.05, 0) is 43.2 Å². The van der Waals surface area contributed by atoms with Crippen LogP contribution in [0, 0.1) is 0 Å². The molecule has 1 aromatic heterocycles. The van der Waals surface area contributed by atoms with Gasteiger partial charge in [-0.25, -0.2) is 4.98 Å². The molecule has 1 aliphatic heterocycles. The molecule has 1 fully saturated rings. The molecule has 1 amide bonds. The van der Waals surface area contributed by atoms with E-state index in [1.807, 2.05) is 42.5 Å². The van der Waals surface area contributed by atoms with Crippen molar-refractivity contribution in [1.82, 2.24) is 20.1 Å². The molecule has 1 aliphatic rings. The van der Waals surface area contributed by atoms with Gasteiger partial charge in [-0.15, -0.1) is 0 Å². The Morgan fingerprint density at radius 2 is 1.90 bits per heavy atom. The third-order valence-corrected chi connectivity index (χ3v) is 6.09. The minimum Gasteiger partial charge on any atom is -0.373 e. The molecule has 2 heterocycles. The van der Waals surface area contributed by atoms with E-state index in [0.29, 0.717) is 5.56 Å². The van der Waals surface area contributed by atoms with Gasteiger partial charge in [-0.2, -0.15) is 5.10 Å². The van der Waals surface area contributed by atoms with Crippen molar-refractivity contribution in [2.45, 2.75) is 43.5 Å². The predicted octanol–water partition coefficient (Wildman–Crippen LogP) is 3.96. The molecular formula is C23H27N5O2S. The number of hydrogen-bond acceptors (Lipinski definition) is 6. The van der Waals surface area contributed by atoms with E-state index in [2.05, 4.69) is 45.3 Å². The number of H-pyrrole nitrogens is 1. The minimum atomic E-state index is -0.106. The third-order valence-electron chi connectivity index (χ3n) is 5.14. The Morgan fingerprint density at radius 1 is 1.16 bits per heavy atom. The monoisotopic (exact) mass is 437 g/mol. The van der Waals surface area contributed by atoms with Crippen molar-refractivity contribution in [3.63, 3.8) is 0 Å². The number of aromatic nitrogens is 3. The molecule has 0 spiro atoms. The van der Waals surface area contributed by atoms with Crippen LogP contribution in [-0.4, -0.2) is 51.3 Å². The largest absolute Gasteiger partial charge is 0.373 e. The lowest BCUT2D eigenvalue weighted by atomic mass is 10.1. The highest BCUT2D eigenvalue weighted by Crippen LogP contribution is 2.22. The second-order valence-electron chi connectivity index (χ2n) is 7.84. The maximum absolute atomic E-state index is 12.8. The van der Waals surface area contributed by atoms with E-state index in [0.717, 1.165) is 47.4 Å². The van der Waals surface area contributed by atoms with Gasteiger partial charge >= 0.3 is 0 Å². The molecular weight excluding hydrogens is 410 g/mol. The van der Waals surface area contributed by atoms with E-state index in [4.69, 9.17) is 4.74 Å². The number of para-hydroxylation sites is 1. The summed E-state index contributed by atoms with van der Waals surface area (Å²) in [4.78, 5) is 19.3. The van der Waals surface area contributed by atoms with Crippen molar-refractivity contribution in [3.8, 4) is 0 Å². The average Bonchev–Trinajstić information content (AvgIpc) is 3.27. The number of nitrogens with one attached hydrogen (secondary N) is 2.